The summed E-state index contributed by atoms with van der Waals surface area (Å²) < 4.78 is 0. The number of benzene rings is 1. The molecule has 5 nitrogen and oxygen atoms in total. The first-order chi connectivity index (χ1) is 7.74. The number of carboxylic acids is 1. The van der Waals surface area contributed by atoms with Crippen molar-refractivity contribution in [2.45, 2.75) is 0 Å². The fourth-order valence-corrected chi connectivity index (χ4v) is 1.51. The number of aromatic nitrogens is 1. The van der Waals surface area contributed by atoms with Crippen LogP contribution in [0.25, 0.3) is 10.9 Å². The van der Waals surface area contributed by atoms with Crippen molar-refractivity contribution < 1.29 is 15.1 Å². The van der Waals surface area contributed by atoms with Crippen LogP contribution in [-0.4, -0.2) is 27.0 Å². The van der Waals surface area contributed by atoms with E-state index in [0.717, 1.165) is 5.39 Å². The molecule has 1 aromatic heterocycles. The third-order valence-corrected chi connectivity index (χ3v) is 2.19. The van der Waals surface area contributed by atoms with Gasteiger partial charge in [-0.3, -0.25) is 4.98 Å². The minimum absolute atomic E-state index is 0.299. The SMILES string of the molecule is O=C(O)C(=NO)c1cccc2cccnc12. The fourth-order valence-electron chi connectivity index (χ4n) is 1.51. The third kappa shape index (κ3) is 1.58. The normalized spacial score (nSPS) is 11.6. The number of para-hydroxylation sites is 1. The van der Waals surface area contributed by atoms with Crippen LogP contribution in [0.5, 0.6) is 0 Å². The maximum absolute atomic E-state index is 10.9. The number of nitrogens with zero attached hydrogens (tertiary/aromatic N) is 2. The van der Waals surface area contributed by atoms with Crippen molar-refractivity contribution in [1.82, 2.24) is 4.98 Å². The topological polar surface area (TPSA) is 82.8 Å². The highest BCUT2D eigenvalue weighted by atomic mass is 16.4. The van der Waals surface area contributed by atoms with E-state index in [9.17, 15) is 4.79 Å². The Kier molecular flexibility index (Phi) is 2.51. The molecule has 5 heteroatoms. The van der Waals surface area contributed by atoms with E-state index >= 15 is 0 Å². The van der Waals surface area contributed by atoms with Gasteiger partial charge in [0.25, 0.3) is 0 Å². The van der Waals surface area contributed by atoms with Crippen molar-refractivity contribution >= 4 is 22.6 Å². The quantitative estimate of drug-likeness (QED) is 0.452. The highest BCUT2D eigenvalue weighted by molar-refractivity contribution is 6.44. The molecule has 0 aliphatic heterocycles. The Morgan fingerprint density at radius 3 is 2.69 bits per heavy atom. The summed E-state index contributed by atoms with van der Waals surface area (Å²) in [6, 6.07) is 8.61. The molecule has 0 atom stereocenters. The van der Waals surface area contributed by atoms with Gasteiger partial charge in [-0.05, 0) is 6.07 Å². The molecule has 0 unspecified atom stereocenters. The highest BCUT2D eigenvalue weighted by Crippen LogP contribution is 2.16. The van der Waals surface area contributed by atoms with E-state index in [-0.39, 0.29) is 0 Å². The molecule has 2 rings (SSSR count). The van der Waals surface area contributed by atoms with Crippen molar-refractivity contribution in [2.24, 2.45) is 5.16 Å². The Bertz CT molecular complexity index is 573. The molecule has 0 saturated carbocycles. The monoisotopic (exact) mass is 216 g/mol. The van der Waals surface area contributed by atoms with Gasteiger partial charge in [0, 0.05) is 17.1 Å². The van der Waals surface area contributed by atoms with Gasteiger partial charge in [-0.15, -0.1) is 0 Å². The van der Waals surface area contributed by atoms with Gasteiger partial charge >= 0.3 is 5.97 Å². The number of carbonyl (C=O) groups is 1. The van der Waals surface area contributed by atoms with E-state index in [0.29, 0.717) is 11.1 Å². The van der Waals surface area contributed by atoms with Crippen LogP contribution in [-0.2, 0) is 4.79 Å². The van der Waals surface area contributed by atoms with E-state index in [1.54, 1.807) is 24.4 Å². The van der Waals surface area contributed by atoms with Crippen LogP contribution < -0.4 is 0 Å². The number of carboxylic acid groups (broad SMARTS) is 1. The zero-order valence-corrected chi connectivity index (χ0v) is 8.16. The van der Waals surface area contributed by atoms with E-state index in [1.807, 2.05) is 12.1 Å². The molecule has 1 heterocycles. The summed E-state index contributed by atoms with van der Waals surface area (Å²) in [4.78, 5) is 14.9. The molecule has 0 spiro atoms. The zero-order valence-electron chi connectivity index (χ0n) is 8.16. The summed E-state index contributed by atoms with van der Waals surface area (Å²) in [5.41, 5.74) is 0.387. The van der Waals surface area contributed by atoms with Crippen LogP contribution in [0.4, 0.5) is 0 Å². The highest BCUT2D eigenvalue weighted by Gasteiger charge is 2.16. The van der Waals surface area contributed by atoms with Crippen LogP contribution in [0.3, 0.4) is 0 Å². The van der Waals surface area contributed by atoms with Crippen LogP contribution in [0.15, 0.2) is 41.7 Å². The van der Waals surface area contributed by atoms with Gasteiger partial charge in [0.15, 0.2) is 5.71 Å². The van der Waals surface area contributed by atoms with Crippen molar-refractivity contribution in [1.29, 1.82) is 0 Å². The largest absolute Gasteiger partial charge is 0.476 e. The van der Waals surface area contributed by atoms with Crippen molar-refractivity contribution in [3.8, 4) is 0 Å². The number of aliphatic carboxylic acids is 1. The lowest BCUT2D eigenvalue weighted by atomic mass is 10.1. The van der Waals surface area contributed by atoms with Crippen molar-refractivity contribution in [2.75, 3.05) is 0 Å². The Balaban J connectivity index is 2.74. The maximum atomic E-state index is 10.9. The molecule has 0 bridgehead atoms. The molecule has 0 fully saturated rings. The van der Waals surface area contributed by atoms with Crippen molar-refractivity contribution in [3.63, 3.8) is 0 Å². The van der Waals surface area contributed by atoms with Crippen LogP contribution in [0.1, 0.15) is 5.56 Å². The summed E-state index contributed by atoms with van der Waals surface area (Å²) in [6.07, 6.45) is 1.56. The van der Waals surface area contributed by atoms with E-state index < -0.39 is 11.7 Å². The number of fused-ring (bicyclic) bond motifs is 1. The lowest BCUT2D eigenvalue weighted by Gasteiger charge is -2.03. The fraction of sp³-hybridized carbons (Fsp3) is 0. The minimum atomic E-state index is -1.29. The number of hydrogen-bond donors (Lipinski definition) is 2. The van der Waals surface area contributed by atoms with E-state index in [1.165, 1.54) is 0 Å². The van der Waals surface area contributed by atoms with Crippen LogP contribution in [0, 0.1) is 0 Å². The van der Waals surface area contributed by atoms with Gasteiger partial charge in [-0.1, -0.05) is 29.4 Å². The van der Waals surface area contributed by atoms with Crippen molar-refractivity contribution in [3.05, 3.63) is 42.1 Å². The first kappa shape index (κ1) is 10.1. The van der Waals surface area contributed by atoms with E-state index in [2.05, 4.69) is 10.1 Å². The van der Waals surface area contributed by atoms with Crippen LogP contribution in [0.2, 0.25) is 0 Å². The average Bonchev–Trinajstić information content (AvgIpc) is 2.30. The number of pyridine rings is 1. The molecule has 16 heavy (non-hydrogen) atoms. The second-order valence-electron chi connectivity index (χ2n) is 3.13. The smallest absolute Gasteiger partial charge is 0.358 e. The van der Waals surface area contributed by atoms with Gasteiger partial charge < -0.3 is 10.3 Å². The lowest BCUT2D eigenvalue weighted by molar-refractivity contribution is -0.129. The maximum Gasteiger partial charge on any atom is 0.358 e. The van der Waals surface area contributed by atoms with Gasteiger partial charge in [0.1, 0.15) is 0 Å². The molecule has 0 amide bonds. The summed E-state index contributed by atoms with van der Waals surface area (Å²) in [6.45, 7) is 0. The molecule has 80 valence electrons. The summed E-state index contributed by atoms with van der Waals surface area (Å²) in [5, 5.41) is 21.1. The van der Waals surface area contributed by atoms with Crippen LogP contribution >= 0.6 is 0 Å². The minimum Gasteiger partial charge on any atom is -0.476 e. The molecular formula is C11H8N2O3. The van der Waals surface area contributed by atoms with Gasteiger partial charge in [0.05, 0.1) is 5.52 Å². The summed E-state index contributed by atoms with van der Waals surface area (Å²) >= 11 is 0. The Morgan fingerprint density at radius 1 is 1.25 bits per heavy atom. The molecule has 1 aromatic carbocycles. The first-order valence-electron chi connectivity index (χ1n) is 4.53. The summed E-state index contributed by atoms with van der Waals surface area (Å²) in [5.74, 6) is -1.29. The van der Waals surface area contributed by atoms with E-state index in [4.69, 9.17) is 10.3 Å². The standard InChI is InChI=1S/C11H8N2O3/c14-11(15)10(13-16)8-5-1-3-7-4-2-6-12-9(7)8/h1-6,16H,(H,14,15). The summed E-state index contributed by atoms with van der Waals surface area (Å²) in [7, 11) is 0. The van der Waals surface area contributed by atoms with Gasteiger partial charge in [0.2, 0.25) is 0 Å². The Morgan fingerprint density at radius 2 is 2.00 bits per heavy atom. The lowest BCUT2D eigenvalue weighted by Crippen LogP contribution is -2.15. The second kappa shape index (κ2) is 3.98. The number of rotatable bonds is 2. The van der Waals surface area contributed by atoms with Gasteiger partial charge in [-0.2, -0.15) is 0 Å². The van der Waals surface area contributed by atoms with Gasteiger partial charge in [-0.25, -0.2) is 4.79 Å². The molecular weight excluding hydrogens is 208 g/mol. The molecule has 2 N–H and O–H groups in total. The molecule has 0 aliphatic carbocycles. The second-order valence-corrected chi connectivity index (χ2v) is 3.13. The molecule has 0 saturated heterocycles. The zero-order chi connectivity index (χ0) is 11.5. The first-order valence-corrected chi connectivity index (χ1v) is 4.53. The molecule has 0 radical (unpaired) electrons. The predicted molar refractivity (Wildman–Crippen MR) is 57.7 cm³/mol. The third-order valence-electron chi connectivity index (χ3n) is 2.19. The molecule has 2 aromatic rings. The Hall–Kier alpha value is -2.43. The predicted octanol–water partition coefficient (Wildman–Crippen LogP) is 1.50. The number of oxime groups is 1. The average molecular weight is 216 g/mol. The Labute approximate surface area is 90.7 Å². The molecule has 0 aliphatic rings. The number of hydrogen-bond acceptors (Lipinski definition) is 4.